The minimum atomic E-state index is 0.642. The number of imidazole rings is 1. The molecule has 0 N–H and O–H groups in total. The van der Waals surface area contributed by atoms with Gasteiger partial charge in [-0.05, 0) is 37.3 Å². The van der Waals surface area contributed by atoms with Crippen LogP contribution in [-0.2, 0) is 6.42 Å². The first kappa shape index (κ1) is 16.2. The highest BCUT2D eigenvalue weighted by Crippen LogP contribution is 2.38. The summed E-state index contributed by atoms with van der Waals surface area (Å²) in [6.45, 7) is 6.38. The van der Waals surface area contributed by atoms with Gasteiger partial charge in [-0.2, -0.15) is 0 Å². The van der Waals surface area contributed by atoms with E-state index >= 15 is 0 Å². The Morgan fingerprint density at radius 2 is 2.08 bits per heavy atom. The number of aldehydes is 1. The minimum absolute atomic E-state index is 0.642. The van der Waals surface area contributed by atoms with E-state index in [9.17, 15) is 4.79 Å². The van der Waals surface area contributed by atoms with Crippen LogP contribution in [0, 0.1) is 13.8 Å². The summed E-state index contributed by atoms with van der Waals surface area (Å²) in [6.07, 6.45) is 1.86. The molecule has 5 heteroatoms. The highest BCUT2D eigenvalue weighted by Gasteiger charge is 2.22. The number of aromatic nitrogens is 2. The number of fused-ring (bicyclic) bond motifs is 1. The average molecular weight is 367 g/mol. The molecule has 4 rings (SSSR count). The average Bonchev–Trinajstić information content (AvgIpc) is 3.29. The molecule has 0 atom stereocenters. The molecule has 0 spiro atoms. The molecule has 0 aliphatic rings. The number of hydrogen-bond donors (Lipinski definition) is 0. The Morgan fingerprint density at radius 3 is 2.72 bits per heavy atom. The van der Waals surface area contributed by atoms with Gasteiger partial charge in [-0.1, -0.05) is 36.8 Å². The lowest BCUT2D eigenvalue weighted by molar-refractivity contribution is 0.111. The Labute approximate surface area is 154 Å². The van der Waals surface area contributed by atoms with E-state index in [2.05, 4.69) is 39.0 Å². The number of rotatable bonds is 4. The summed E-state index contributed by atoms with van der Waals surface area (Å²) >= 11 is 3.29. The third kappa shape index (κ3) is 2.55. The van der Waals surface area contributed by atoms with Crippen LogP contribution in [0.25, 0.3) is 26.8 Å². The van der Waals surface area contributed by atoms with Crippen molar-refractivity contribution < 1.29 is 4.79 Å². The van der Waals surface area contributed by atoms with Gasteiger partial charge in [-0.15, -0.1) is 22.7 Å². The number of carbonyl (C=O) groups is 1. The molecule has 1 aromatic carbocycles. The number of hydrogen-bond acceptors (Lipinski definition) is 4. The fraction of sp³-hybridized carbons (Fsp3) is 0.200. The normalized spacial score (nSPS) is 11.3. The molecule has 0 saturated carbocycles. The molecule has 0 fully saturated rings. The zero-order valence-electron chi connectivity index (χ0n) is 14.4. The van der Waals surface area contributed by atoms with Crippen molar-refractivity contribution in [1.29, 1.82) is 0 Å². The van der Waals surface area contributed by atoms with E-state index in [1.165, 1.54) is 21.6 Å². The van der Waals surface area contributed by atoms with Crippen molar-refractivity contribution in [2.75, 3.05) is 0 Å². The fourth-order valence-electron chi connectivity index (χ4n) is 3.27. The molecule has 0 aliphatic carbocycles. The summed E-state index contributed by atoms with van der Waals surface area (Å²) in [5.74, 6) is 0. The first-order valence-corrected chi connectivity index (χ1v) is 9.94. The van der Waals surface area contributed by atoms with Crippen molar-refractivity contribution in [2.45, 2.75) is 27.2 Å². The molecule has 3 aromatic heterocycles. The van der Waals surface area contributed by atoms with E-state index < -0.39 is 0 Å². The molecule has 0 saturated heterocycles. The highest BCUT2D eigenvalue weighted by molar-refractivity contribution is 7.17. The number of thiazole rings is 1. The number of benzene rings is 1. The molecule has 0 bridgehead atoms. The smallest absolute Gasteiger partial charge is 0.195 e. The standard InChI is InChI=1S/C20H18N2OS2/c1-4-16-19(14-8-7-12(2)10-13(14)3)22-15(11-23)18(21-20(22)25-16)17-6-5-9-24-17/h5-11H,4H2,1-3H3. The predicted molar refractivity (Wildman–Crippen MR) is 106 cm³/mol. The van der Waals surface area contributed by atoms with E-state index in [1.54, 1.807) is 22.7 Å². The van der Waals surface area contributed by atoms with Gasteiger partial charge in [-0.25, -0.2) is 4.98 Å². The van der Waals surface area contributed by atoms with Gasteiger partial charge >= 0.3 is 0 Å². The van der Waals surface area contributed by atoms with Gasteiger partial charge in [0.15, 0.2) is 11.2 Å². The molecule has 126 valence electrons. The van der Waals surface area contributed by atoms with Gasteiger partial charge in [0.1, 0.15) is 11.4 Å². The SMILES string of the molecule is CCc1sc2nc(-c3cccs3)c(C=O)n2c1-c1ccc(C)cc1C. The van der Waals surface area contributed by atoms with E-state index in [0.717, 1.165) is 33.9 Å². The maximum Gasteiger partial charge on any atom is 0.195 e. The maximum absolute atomic E-state index is 12.0. The Morgan fingerprint density at radius 1 is 1.24 bits per heavy atom. The van der Waals surface area contributed by atoms with Gasteiger partial charge in [0, 0.05) is 10.4 Å². The molecule has 0 radical (unpaired) electrons. The van der Waals surface area contributed by atoms with Crippen LogP contribution in [0.1, 0.15) is 33.4 Å². The van der Waals surface area contributed by atoms with Crippen LogP contribution in [0.2, 0.25) is 0 Å². The van der Waals surface area contributed by atoms with Crippen LogP contribution in [0.3, 0.4) is 0 Å². The molecule has 25 heavy (non-hydrogen) atoms. The van der Waals surface area contributed by atoms with E-state index in [1.807, 2.05) is 21.9 Å². The Kier molecular flexibility index (Phi) is 4.06. The predicted octanol–water partition coefficient (Wildman–Crippen LogP) is 5.78. The first-order valence-electron chi connectivity index (χ1n) is 8.24. The summed E-state index contributed by atoms with van der Waals surface area (Å²) in [5, 5.41) is 2.01. The maximum atomic E-state index is 12.0. The number of aryl methyl sites for hydroxylation is 3. The van der Waals surface area contributed by atoms with Gasteiger partial charge in [-0.3, -0.25) is 9.20 Å². The van der Waals surface area contributed by atoms with Crippen molar-refractivity contribution in [2.24, 2.45) is 0 Å². The molecule has 0 aliphatic heterocycles. The van der Waals surface area contributed by atoms with Crippen molar-refractivity contribution in [3.63, 3.8) is 0 Å². The third-order valence-electron chi connectivity index (χ3n) is 4.41. The van der Waals surface area contributed by atoms with Crippen LogP contribution in [-0.4, -0.2) is 15.7 Å². The lowest BCUT2D eigenvalue weighted by Gasteiger charge is -2.09. The second-order valence-corrected chi connectivity index (χ2v) is 8.11. The lowest BCUT2D eigenvalue weighted by Crippen LogP contribution is -1.97. The lowest BCUT2D eigenvalue weighted by atomic mass is 10.0. The van der Waals surface area contributed by atoms with Crippen molar-refractivity contribution in [3.8, 4) is 21.8 Å². The molecule has 0 amide bonds. The van der Waals surface area contributed by atoms with Crippen molar-refractivity contribution >= 4 is 33.9 Å². The molecule has 3 nitrogen and oxygen atoms in total. The van der Waals surface area contributed by atoms with Gasteiger partial charge < -0.3 is 0 Å². The monoisotopic (exact) mass is 366 g/mol. The van der Waals surface area contributed by atoms with Crippen LogP contribution in [0.5, 0.6) is 0 Å². The summed E-state index contributed by atoms with van der Waals surface area (Å²) < 4.78 is 2.04. The molecule has 4 aromatic rings. The topological polar surface area (TPSA) is 34.4 Å². The minimum Gasteiger partial charge on any atom is -0.296 e. The van der Waals surface area contributed by atoms with E-state index in [-0.39, 0.29) is 0 Å². The first-order chi connectivity index (χ1) is 12.1. The van der Waals surface area contributed by atoms with Gasteiger partial charge in [0.25, 0.3) is 0 Å². The van der Waals surface area contributed by atoms with Crippen LogP contribution in [0.15, 0.2) is 35.7 Å². The second kappa shape index (κ2) is 6.24. The zero-order chi connectivity index (χ0) is 17.6. The Balaban J connectivity index is 2.07. The van der Waals surface area contributed by atoms with Crippen molar-refractivity contribution in [3.05, 3.63) is 57.4 Å². The van der Waals surface area contributed by atoms with Crippen molar-refractivity contribution in [1.82, 2.24) is 9.38 Å². The summed E-state index contributed by atoms with van der Waals surface area (Å²) in [7, 11) is 0. The van der Waals surface area contributed by atoms with E-state index in [4.69, 9.17) is 4.98 Å². The van der Waals surface area contributed by atoms with Crippen LogP contribution in [0.4, 0.5) is 0 Å². The van der Waals surface area contributed by atoms with E-state index in [0.29, 0.717) is 5.69 Å². The Bertz CT molecular complexity index is 1070. The summed E-state index contributed by atoms with van der Waals surface area (Å²) in [6, 6.07) is 10.5. The second-order valence-electron chi connectivity index (χ2n) is 6.10. The quantitative estimate of drug-likeness (QED) is 0.429. The fourth-order valence-corrected chi connectivity index (χ4v) is 5.08. The number of thiophene rings is 1. The number of carbonyl (C=O) groups excluding carboxylic acids is 1. The van der Waals surface area contributed by atoms with Crippen LogP contribution >= 0.6 is 22.7 Å². The summed E-state index contributed by atoms with van der Waals surface area (Å²) in [5.41, 5.74) is 6.17. The molecular formula is C20H18N2OS2. The molecule has 0 unspecified atom stereocenters. The number of nitrogens with zero attached hydrogens (tertiary/aromatic N) is 2. The third-order valence-corrected chi connectivity index (χ3v) is 6.47. The van der Waals surface area contributed by atoms with Gasteiger partial charge in [0.05, 0.1) is 10.6 Å². The summed E-state index contributed by atoms with van der Waals surface area (Å²) in [4.78, 5) is 19.9. The Hall–Kier alpha value is -2.24. The van der Waals surface area contributed by atoms with Gasteiger partial charge in [0.2, 0.25) is 0 Å². The zero-order valence-corrected chi connectivity index (χ0v) is 16.0. The highest BCUT2D eigenvalue weighted by atomic mass is 32.1. The molecular weight excluding hydrogens is 348 g/mol. The largest absolute Gasteiger partial charge is 0.296 e. The molecule has 3 heterocycles. The van der Waals surface area contributed by atoms with Crippen LogP contribution < -0.4 is 0 Å².